The van der Waals surface area contributed by atoms with Crippen LogP contribution in [0.2, 0.25) is 0 Å². The molecule has 1 N–H and O–H groups in total. The Labute approximate surface area is 147 Å². The fraction of sp³-hybridized carbons (Fsp3) is 0.765. The molecule has 3 heterocycles. The van der Waals surface area contributed by atoms with Gasteiger partial charge in [0, 0.05) is 24.5 Å². The van der Waals surface area contributed by atoms with Gasteiger partial charge in [-0.05, 0) is 25.3 Å². The van der Waals surface area contributed by atoms with E-state index in [-0.39, 0.29) is 17.7 Å². The molecule has 2 atom stereocenters. The van der Waals surface area contributed by atoms with Crippen LogP contribution in [0.4, 0.5) is 4.79 Å². The fourth-order valence-corrected chi connectivity index (χ4v) is 4.18. The average molecular weight is 353 g/mol. The van der Waals surface area contributed by atoms with E-state index in [2.05, 4.69) is 15.2 Å². The molecule has 2 saturated heterocycles. The van der Waals surface area contributed by atoms with E-state index in [1.807, 2.05) is 25.4 Å². The summed E-state index contributed by atoms with van der Waals surface area (Å²) in [6.45, 7) is 7.95. The Morgan fingerprint density at radius 3 is 3.25 bits per heavy atom. The molecule has 134 valence electrons. The van der Waals surface area contributed by atoms with E-state index in [1.54, 1.807) is 11.3 Å². The lowest BCUT2D eigenvalue weighted by atomic mass is 9.89. The monoisotopic (exact) mass is 353 g/mol. The number of likely N-dealkylation sites (tertiary alicyclic amines) is 1. The molecular formula is C17H27N3O3S. The summed E-state index contributed by atoms with van der Waals surface area (Å²) in [7, 11) is 0. The molecule has 2 aliphatic heterocycles. The lowest BCUT2D eigenvalue weighted by molar-refractivity contribution is -0.0534. The molecule has 0 radical (unpaired) electrons. The van der Waals surface area contributed by atoms with E-state index in [9.17, 15) is 4.79 Å². The highest BCUT2D eigenvalue weighted by Gasteiger charge is 2.44. The predicted octanol–water partition coefficient (Wildman–Crippen LogP) is 2.65. The van der Waals surface area contributed by atoms with E-state index in [0.717, 1.165) is 43.9 Å². The van der Waals surface area contributed by atoms with Gasteiger partial charge >= 0.3 is 6.09 Å². The molecule has 2 fully saturated rings. The quantitative estimate of drug-likeness (QED) is 0.882. The van der Waals surface area contributed by atoms with Crippen LogP contribution in [0.1, 0.15) is 38.1 Å². The number of hydrogen-bond acceptors (Lipinski definition) is 6. The standard InChI is InChI=1S/C17H27N3O3S/c1-13(2)10-22-16(21)19-14-8-17(23-11-14)4-3-6-20(12-17)9-15-18-5-7-24-15/h5,7,13-14H,3-4,6,8-12H2,1-2H3,(H,19,21). The van der Waals surface area contributed by atoms with E-state index in [1.165, 1.54) is 0 Å². The number of hydrogen-bond donors (Lipinski definition) is 1. The first-order valence-corrected chi connectivity index (χ1v) is 9.61. The summed E-state index contributed by atoms with van der Waals surface area (Å²) in [6.07, 6.45) is 4.56. The van der Waals surface area contributed by atoms with Crippen molar-refractivity contribution in [2.24, 2.45) is 5.92 Å². The molecule has 2 unspecified atom stereocenters. The Hall–Kier alpha value is -1.18. The highest BCUT2D eigenvalue weighted by molar-refractivity contribution is 7.09. The van der Waals surface area contributed by atoms with E-state index < -0.39 is 0 Å². The Kier molecular flexibility index (Phi) is 5.73. The molecule has 3 rings (SSSR count). The van der Waals surface area contributed by atoms with Gasteiger partial charge in [0.2, 0.25) is 0 Å². The molecule has 7 heteroatoms. The van der Waals surface area contributed by atoms with Crippen molar-refractivity contribution < 1.29 is 14.3 Å². The second-order valence-electron chi connectivity index (χ2n) is 7.27. The fourth-order valence-electron chi connectivity index (χ4n) is 3.52. The summed E-state index contributed by atoms with van der Waals surface area (Å²) in [5, 5.41) is 6.12. The zero-order valence-corrected chi connectivity index (χ0v) is 15.3. The van der Waals surface area contributed by atoms with Gasteiger partial charge < -0.3 is 14.8 Å². The number of ether oxygens (including phenoxy) is 2. The number of amides is 1. The number of nitrogens with one attached hydrogen (secondary N) is 1. The first-order valence-electron chi connectivity index (χ1n) is 8.73. The zero-order chi connectivity index (χ0) is 17.0. The van der Waals surface area contributed by atoms with Gasteiger partial charge in [0.1, 0.15) is 5.01 Å². The van der Waals surface area contributed by atoms with Crippen molar-refractivity contribution >= 4 is 17.4 Å². The zero-order valence-electron chi connectivity index (χ0n) is 14.5. The molecule has 0 aliphatic carbocycles. The summed E-state index contributed by atoms with van der Waals surface area (Å²) in [4.78, 5) is 18.6. The predicted molar refractivity (Wildman–Crippen MR) is 93.0 cm³/mol. The molecule has 1 aromatic heterocycles. The molecule has 1 aromatic rings. The highest BCUT2D eigenvalue weighted by atomic mass is 32.1. The number of rotatable bonds is 5. The molecule has 24 heavy (non-hydrogen) atoms. The van der Waals surface area contributed by atoms with Crippen LogP contribution in [0.15, 0.2) is 11.6 Å². The minimum absolute atomic E-state index is 0.0458. The van der Waals surface area contributed by atoms with Gasteiger partial charge in [-0.3, -0.25) is 4.90 Å². The van der Waals surface area contributed by atoms with Gasteiger partial charge in [0.05, 0.1) is 31.4 Å². The summed E-state index contributed by atoms with van der Waals surface area (Å²) in [6, 6.07) is 0.0458. The number of piperidine rings is 1. The molecular weight excluding hydrogens is 326 g/mol. The SMILES string of the molecule is CC(C)COC(=O)NC1COC2(CCCN(Cc3nccs3)C2)C1. The maximum Gasteiger partial charge on any atom is 0.407 e. The average Bonchev–Trinajstić information content (AvgIpc) is 3.16. The molecule has 1 amide bonds. The van der Waals surface area contributed by atoms with E-state index in [4.69, 9.17) is 9.47 Å². The second kappa shape index (κ2) is 7.80. The van der Waals surface area contributed by atoms with Gasteiger partial charge in [0.15, 0.2) is 0 Å². The largest absolute Gasteiger partial charge is 0.449 e. The lowest BCUT2D eigenvalue weighted by Gasteiger charge is -2.39. The van der Waals surface area contributed by atoms with Crippen molar-refractivity contribution in [3.8, 4) is 0 Å². The van der Waals surface area contributed by atoms with Crippen molar-refractivity contribution in [2.45, 2.75) is 51.3 Å². The topological polar surface area (TPSA) is 63.7 Å². The van der Waals surface area contributed by atoms with Crippen LogP contribution >= 0.6 is 11.3 Å². The smallest absolute Gasteiger partial charge is 0.407 e. The lowest BCUT2D eigenvalue weighted by Crippen LogP contribution is -2.48. The maximum absolute atomic E-state index is 11.8. The van der Waals surface area contributed by atoms with Gasteiger partial charge in [-0.15, -0.1) is 11.3 Å². The molecule has 2 aliphatic rings. The molecule has 0 bridgehead atoms. The van der Waals surface area contributed by atoms with Crippen LogP contribution in [-0.2, 0) is 16.0 Å². The Bertz CT molecular complexity index is 537. The van der Waals surface area contributed by atoms with Crippen LogP contribution < -0.4 is 5.32 Å². The molecule has 6 nitrogen and oxygen atoms in total. The van der Waals surface area contributed by atoms with Crippen LogP contribution in [0.25, 0.3) is 0 Å². The first kappa shape index (κ1) is 17.6. The Morgan fingerprint density at radius 2 is 2.50 bits per heavy atom. The van der Waals surface area contributed by atoms with E-state index in [0.29, 0.717) is 19.1 Å². The van der Waals surface area contributed by atoms with Crippen molar-refractivity contribution in [1.82, 2.24) is 15.2 Å². The van der Waals surface area contributed by atoms with Gasteiger partial charge in [-0.25, -0.2) is 9.78 Å². The van der Waals surface area contributed by atoms with Crippen LogP contribution in [0.3, 0.4) is 0 Å². The van der Waals surface area contributed by atoms with Crippen molar-refractivity contribution in [3.63, 3.8) is 0 Å². The Balaban J connectivity index is 1.48. The summed E-state index contributed by atoms with van der Waals surface area (Å²) in [5.41, 5.74) is -0.133. The number of alkyl carbamates (subject to hydrolysis) is 1. The molecule has 0 saturated carbocycles. The van der Waals surface area contributed by atoms with Gasteiger partial charge in [0.25, 0.3) is 0 Å². The number of nitrogens with zero attached hydrogens (tertiary/aromatic N) is 2. The van der Waals surface area contributed by atoms with Crippen LogP contribution in [0.5, 0.6) is 0 Å². The third-order valence-electron chi connectivity index (χ3n) is 4.54. The third kappa shape index (κ3) is 4.68. The number of thiazole rings is 1. The summed E-state index contributed by atoms with van der Waals surface area (Å²) < 4.78 is 11.4. The van der Waals surface area contributed by atoms with Gasteiger partial charge in [-0.2, -0.15) is 0 Å². The number of carbonyl (C=O) groups is 1. The number of carbonyl (C=O) groups excluding carboxylic acids is 1. The number of aromatic nitrogens is 1. The summed E-state index contributed by atoms with van der Waals surface area (Å²) in [5.74, 6) is 0.347. The highest BCUT2D eigenvalue weighted by Crippen LogP contribution is 2.35. The van der Waals surface area contributed by atoms with Crippen molar-refractivity contribution in [3.05, 3.63) is 16.6 Å². The van der Waals surface area contributed by atoms with Crippen LogP contribution in [-0.4, -0.2) is 53.9 Å². The second-order valence-corrected chi connectivity index (χ2v) is 8.25. The van der Waals surface area contributed by atoms with Crippen LogP contribution in [0, 0.1) is 5.92 Å². The van der Waals surface area contributed by atoms with E-state index >= 15 is 0 Å². The minimum atomic E-state index is -0.329. The summed E-state index contributed by atoms with van der Waals surface area (Å²) >= 11 is 1.70. The van der Waals surface area contributed by atoms with Crippen molar-refractivity contribution in [2.75, 3.05) is 26.3 Å². The normalized spacial score (nSPS) is 27.7. The third-order valence-corrected chi connectivity index (χ3v) is 5.30. The first-order chi connectivity index (χ1) is 11.5. The minimum Gasteiger partial charge on any atom is -0.449 e. The van der Waals surface area contributed by atoms with Gasteiger partial charge in [-0.1, -0.05) is 13.8 Å². The maximum atomic E-state index is 11.8. The molecule has 0 aromatic carbocycles. The van der Waals surface area contributed by atoms with Crippen molar-refractivity contribution in [1.29, 1.82) is 0 Å². The Morgan fingerprint density at radius 1 is 1.62 bits per heavy atom. The molecule has 1 spiro atoms.